The Labute approximate surface area is 138 Å². The topological polar surface area (TPSA) is 51.2 Å². The molecule has 1 aliphatic carbocycles. The third kappa shape index (κ3) is 2.63. The minimum absolute atomic E-state index is 0.154. The number of fused-ring (bicyclic) bond motifs is 1. The molecule has 0 saturated heterocycles. The molecule has 2 aromatic rings. The van der Waals surface area contributed by atoms with Gasteiger partial charge in [0.1, 0.15) is 4.32 Å². The molecule has 0 bridgehead atoms. The number of rotatable bonds is 3. The summed E-state index contributed by atoms with van der Waals surface area (Å²) in [7, 11) is -3.54. The highest BCUT2D eigenvalue weighted by Crippen LogP contribution is 2.38. The van der Waals surface area contributed by atoms with Gasteiger partial charge < -0.3 is 0 Å². The van der Waals surface area contributed by atoms with Crippen LogP contribution in [0.5, 0.6) is 0 Å². The van der Waals surface area contributed by atoms with Crippen molar-refractivity contribution in [3.8, 4) is 0 Å². The van der Waals surface area contributed by atoms with Crippen molar-refractivity contribution in [2.24, 2.45) is 0 Å². The molecule has 2 aromatic carbocycles. The molecule has 0 saturated carbocycles. The molecule has 0 heterocycles. The van der Waals surface area contributed by atoms with E-state index in [1.54, 1.807) is 36.4 Å². The van der Waals surface area contributed by atoms with Crippen LogP contribution in [-0.2, 0) is 16.3 Å². The molecule has 1 atom stereocenters. The second kappa shape index (κ2) is 5.32. The molecule has 22 heavy (non-hydrogen) atoms. The smallest absolute Gasteiger partial charge is 0.181 e. The third-order valence-corrected chi connectivity index (χ3v) is 7.09. The summed E-state index contributed by atoms with van der Waals surface area (Å²) in [6.07, 6.45) is 0.396. The van der Waals surface area contributed by atoms with E-state index < -0.39 is 14.2 Å². The average Bonchev–Trinajstić information content (AvgIpc) is 2.70. The summed E-state index contributed by atoms with van der Waals surface area (Å²) in [6, 6.07) is 14.0. The zero-order chi connectivity index (χ0) is 16.0. The zero-order valence-corrected chi connectivity index (χ0v) is 14.4. The fourth-order valence-electron chi connectivity index (χ4n) is 2.77. The Balaban J connectivity index is 1.93. The van der Waals surface area contributed by atoms with E-state index >= 15 is 0 Å². The second-order valence-electron chi connectivity index (χ2n) is 5.70. The molecule has 0 radical (unpaired) electrons. The standard InChI is InChI=1S/C17H15BrO3S/c1-12-6-8-14(9-7-12)22(20,21)11-17(18)10-13-4-2-3-5-15(13)16(17)19/h2-9H,10-11H2,1H3/t17-/m0/s1. The molecule has 0 unspecified atom stereocenters. The Hall–Kier alpha value is -1.46. The molecule has 114 valence electrons. The maximum absolute atomic E-state index is 12.6. The molecule has 0 fully saturated rings. The van der Waals surface area contributed by atoms with Crippen LogP contribution in [0.25, 0.3) is 0 Å². The van der Waals surface area contributed by atoms with E-state index in [0.29, 0.717) is 12.0 Å². The molecule has 0 amide bonds. The predicted octanol–water partition coefficient (Wildman–Crippen LogP) is 3.34. The van der Waals surface area contributed by atoms with Crippen LogP contribution in [0, 0.1) is 6.92 Å². The first-order chi connectivity index (χ1) is 10.3. The van der Waals surface area contributed by atoms with Gasteiger partial charge in [-0.25, -0.2) is 8.42 Å². The van der Waals surface area contributed by atoms with Gasteiger partial charge in [-0.05, 0) is 31.0 Å². The number of alkyl halides is 1. The van der Waals surface area contributed by atoms with Gasteiger partial charge in [0.05, 0.1) is 10.6 Å². The van der Waals surface area contributed by atoms with Crippen molar-refractivity contribution in [1.82, 2.24) is 0 Å². The highest BCUT2D eigenvalue weighted by atomic mass is 79.9. The number of ketones is 1. The molecule has 5 heteroatoms. The SMILES string of the molecule is Cc1ccc(S(=O)(=O)C[C@@]2(Br)Cc3ccccc3C2=O)cc1. The van der Waals surface area contributed by atoms with E-state index in [1.165, 1.54) is 0 Å². The van der Waals surface area contributed by atoms with Gasteiger partial charge in [-0.15, -0.1) is 0 Å². The summed E-state index contributed by atoms with van der Waals surface area (Å²) in [5, 5.41) is 0. The number of halogens is 1. The van der Waals surface area contributed by atoms with Crippen LogP contribution in [0.4, 0.5) is 0 Å². The fourth-order valence-corrected chi connectivity index (χ4v) is 5.74. The molecule has 3 rings (SSSR count). The normalized spacial score (nSPS) is 20.9. The highest BCUT2D eigenvalue weighted by molar-refractivity contribution is 9.10. The van der Waals surface area contributed by atoms with Gasteiger partial charge in [-0.1, -0.05) is 57.9 Å². The van der Waals surface area contributed by atoms with E-state index in [2.05, 4.69) is 15.9 Å². The second-order valence-corrected chi connectivity index (χ2v) is 9.21. The van der Waals surface area contributed by atoms with Crippen LogP contribution < -0.4 is 0 Å². The van der Waals surface area contributed by atoms with Crippen molar-refractivity contribution in [1.29, 1.82) is 0 Å². The van der Waals surface area contributed by atoms with Crippen molar-refractivity contribution in [3.05, 3.63) is 65.2 Å². The van der Waals surface area contributed by atoms with Crippen LogP contribution in [0.15, 0.2) is 53.4 Å². The maximum atomic E-state index is 12.6. The summed E-state index contributed by atoms with van der Waals surface area (Å²) in [4.78, 5) is 12.8. The molecular weight excluding hydrogens is 364 g/mol. The first-order valence-electron chi connectivity index (χ1n) is 6.93. The number of hydrogen-bond donors (Lipinski definition) is 0. The third-order valence-electron chi connectivity index (χ3n) is 3.94. The number of aryl methyl sites for hydroxylation is 1. The minimum Gasteiger partial charge on any atom is -0.293 e. The predicted molar refractivity (Wildman–Crippen MR) is 89.4 cm³/mol. The lowest BCUT2D eigenvalue weighted by atomic mass is 10.1. The minimum atomic E-state index is -3.54. The van der Waals surface area contributed by atoms with Crippen LogP contribution in [0.1, 0.15) is 21.5 Å². The summed E-state index contributed by atoms with van der Waals surface area (Å²) >= 11 is 3.41. The Bertz CT molecular complexity index is 840. The van der Waals surface area contributed by atoms with Gasteiger partial charge in [0.2, 0.25) is 0 Å². The van der Waals surface area contributed by atoms with E-state index in [1.807, 2.05) is 19.1 Å². The van der Waals surface area contributed by atoms with E-state index in [4.69, 9.17) is 0 Å². The number of carbonyl (C=O) groups excluding carboxylic acids is 1. The number of hydrogen-bond acceptors (Lipinski definition) is 3. The molecule has 0 spiro atoms. The van der Waals surface area contributed by atoms with Gasteiger partial charge in [0, 0.05) is 5.56 Å². The van der Waals surface area contributed by atoms with Crippen LogP contribution in [0.2, 0.25) is 0 Å². The van der Waals surface area contributed by atoms with Gasteiger partial charge in [-0.2, -0.15) is 0 Å². The first kappa shape index (κ1) is 15.4. The fraction of sp³-hybridized carbons (Fsp3) is 0.235. The van der Waals surface area contributed by atoms with Crippen molar-refractivity contribution < 1.29 is 13.2 Å². The Morgan fingerprint density at radius 3 is 2.36 bits per heavy atom. The molecule has 0 aromatic heterocycles. The number of benzene rings is 2. The Morgan fingerprint density at radius 2 is 1.73 bits per heavy atom. The summed E-state index contributed by atoms with van der Waals surface area (Å²) in [5.74, 6) is -0.393. The monoisotopic (exact) mass is 378 g/mol. The van der Waals surface area contributed by atoms with E-state index in [-0.39, 0.29) is 16.4 Å². The number of sulfone groups is 1. The molecule has 0 N–H and O–H groups in total. The van der Waals surface area contributed by atoms with Crippen molar-refractivity contribution >= 4 is 31.6 Å². The van der Waals surface area contributed by atoms with E-state index in [9.17, 15) is 13.2 Å². The van der Waals surface area contributed by atoms with Crippen molar-refractivity contribution in [3.63, 3.8) is 0 Å². The molecule has 1 aliphatic rings. The van der Waals surface area contributed by atoms with Gasteiger partial charge in [0.15, 0.2) is 15.6 Å². The van der Waals surface area contributed by atoms with Crippen LogP contribution in [-0.4, -0.2) is 24.3 Å². The van der Waals surface area contributed by atoms with E-state index in [0.717, 1.165) is 11.1 Å². The average molecular weight is 379 g/mol. The largest absolute Gasteiger partial charge is 0.293 e. The van der Waals surface area contributed by atoms with Crippen molar-refractivity contribution in [2.75, 3.05) is 5.75 Å². The lowest BCUT2D eigenvalue weighted by Gasteiger charge is -2.19. The maximum Gasteiger partial charge on any atom is 0.181 e. The van der Waals surface area contributed by atoms with Gasteiger partial charge in [0.25, 0.3) is 0 Å². The summed E-state index contributed by atoms with van der Waals surface area (Å²) < 4.78 is 24.2. The number of Topliss-reactive ketones (excluding diaryl/α,β-unsaturated/α-hetero) is 1. The molecular formula is C17H15BrO3S. The summed E-state index contributed by atoms with van der Waals surface area (Å²) in [5.41, 5.74) is 2.50. The van der Waals surface area contributed by atoms with Crippen LogP contribution >= 0.6 is 15.9 Å². The molecule has 3 nitrogen and oxygen atoms in total. The summed E-state index contributed by atoms with van der Waals surface area (Å²) in [6.45, 7) is 1.90. The Kier molecular flexibility index (Phi) is 3.73. The molecule has 0 aliphatic heterocycles. The van der Waals surface area contributed by atoms with Gasteiger partial charge in [-0.3, -0.25) is 4.79 Å². The lowest BCUT2D eigenvalue weighted by molar-refractivity contribution is 0.0969. The first-order valence-corrected chi connectivity index (χ1v) is 9.37. The number of carbonyl (C=O) groups is 1. The van der Waals surface area contributed by atoms with Crippen LogP contribution in [0.3, 0.4) is 0 Å². The quantitative estimate of drug-likeness (QED) is 0.769. The Morgan fingerprint density at radius 1 is 1.09 bits per heavy atom. The van der Waals surface area contributed by atoms with Gasteiger partial charge >= 0.3 is 0 Å². The zero-order valence-electron chi connectivity index (χ0n) is 12.0. The lowest BCUT2D eigenvalue weighted by Crippen LogP contribution is -2.37. The van der Waals surface area contributed by atoms with Crippen molar-refractivity contribution in [2.45, 2.75) is 22.6 Å². The highest BCUT2D eigenvalue weighted by Gasteiger charge is 2.46.